The summed E-state index contributed by atoms with van der Waals surface area (Å²) in [6, 6.07) is 4.13. The highest BCUT2D eigenvalue weighted by atomic mass is 32.2. The average Bonchev–Trinajstić information content (AvgIpc) is 2.27. The summed E-state index contributed by atoms with van der Waals surface area (Å²) in [6.07, 6.45) is 4.07. The molecule has 0 amide bonds. The normalized spacial score (nSPS) is 10.7. The zero-order chi connectivity index (χ0) is 11.1. The van der Waals surface area contributed by atoms with Crippen molar-refractivity contribution < 1.29 is 0 Å². The number of nitrogens with zero attached hydrogens (tertiary/aromatic N) is 2. The first-order chi connectivity index (χ1) is 7.26. The predicted octanol–water partition coefficient (Wildman–Crippen LogP) is 1.92. The van der Waals surface area contributed by atoms with Crippen LogP contribution in [-0.2, 0) is 6.54 Å². The van der Waals surface area contributed by atoms with E-state index in [0.717, 1.165) is 18.9 Å². The Hall–Kier alpha value is -0.740. The minimum atomic E-state index is 0.922. The molecule has 0 bridgehead atoms. The highest BCUT2D eigenvalue weighted by Crippen LogP contribution is 2.06. The van der Waals surface area contributed by atoms with Crippen molar-refractivity contribution in [3.8, 4) is 0 Å². The van der Waals surface area contributed by atoms with Crippen LogP contribution in [0.2, 0.25) is 0 Å². The molecule has 84 valence electrons. The third-order valence-corrected chi connectivity index (χ3v) is 2.80. The topological polar surface area (TPSA) is 28.2 Å². The lowest BCUT2D eigenvalue weighted by atomic mass is 10.2. The largest absolute Gasteiger partial charge is 0.373 e. The number of nitrogens with one attached hydrogen (secondary N) is 1. The van der Waals surface area contributed by atoms with Gasteiger partial charge in [0.2, 0.25) is 0 Å². The van der Waals surface area contributed by atoms with Crippen molar-refractivity contribution in [1.82, 2.24) is 9.88 Å². The van der Waals surface area contributed by atoms with Crippen LogP contribution in [0, 0.1) is 0 Å². The van der Waals surface area contributed by atoms with E-state index in [9.17, 15) is 0 Å². The molecule has 3 nitrogen and oxygen atoms in total. The number of rotatable bonds is 6. The van der Waals surface area contributed by atoms with Crippen LogP contribution in [0.25, 0.3) is 0 Å². The van der Waals surface area contributed by atoms with Crippen LogP contribution in [0.5, 0.6) is 0 Å². The van der Waals surface area contributed by atoms with Gasteiger partial charge in [-0.25, -0.2) is 4.98 Å². The van der Waals surface area contributed by atoms with Gasteiger partial charge in [0.1, 0.15) is 5.82 Å². The van der Waals surface area contributed by atoms with Gasteiger partial charge >= 0.3 is 0 Å². The summed E-state index contributed by atoms with van der Waals surface area (Å²) in [5, 5.41) is 3.01. The first kappa shape index (κ1) is 12.3. The van der Waals surface area contributed by atoms with Gasteiger partial charge in [0.05, 0.1) is 0 Å². The molecule has 0 aromatic carbocycles. The van der Waals surface area contributed by atoms with Gasteiger partial charge in [-0.1, -0.05) is 6.07 Å². The molecular weight excluding hydrogens is 206 g/mol. The molecule has 0 atom stereocenters. The van der Waals surface area contributed by atoms with Crippen molar-refractivity contribution in [1.29, 1.82) is 0 Å². The van der Waals surface area contributed by atoms with Gasteiger partial charge < -0.3 is 10.2 Å². The summed E-state index contributed by atoms with van der Waals surface area (Å²) in [5.74, 6) is 2.10. The molecule has 15 heavy (non-hydrogen) atoms. The minimum absolute atomic E-state index is 0.922. The molecule has 0 radical (unpaired) electrons. The number of hydrogen-bond donors (Lipinski definition) is 1. The van der Waals surface area contributed by atoms with Gasteiger partial charge in [-0.05, 0) is 24.9 Å². The molecule has 1 aromatic rings. The molecule has 0 aliphatic rings. The van der Waals surface area contributed by atoms with Crippen LogP contribution in [0.15, 0.2) is 18.3 Å². The maximum Gasteiger partial charge on any atom is 0.125 e. The van der Waals surface area contributed by atoms with E-state index in [-0.39, 0.29) is 0 Å². The summed E-state index contributed by atoms with van der Waals surface area (Å²) in [6.45, 7) is 2.09. The maximum absolute atomic E-state index is 4.29. The van der Waals surface area contributed by atoms with Crippen LogP contribution in [-0.4, -0.2) is 42.5 Å². The Bertz CT molecular complexity index is 274. The van der Waals surface area contributed by atoms with Crippen molar-refractivity contribution in [2.75, 3.05) is 38.0 Å². The highest BCUT2D eigenvalue weighted by Gasteiger charge is 2.00. The fourth-order valence-electron chi connectivity index (χ4n) is 1.30. The quantitative estimate of drug-likeness (QED) is 0.800. The van der Waals surface area contributed by atoms with Crippen LogP contribution in [0.3, 0.4) is 0 Å². The van der Waals surface area contributed by atoms with Crippen molar-refractivity contribution in [3.05, 3.63) is 23.9 Å². The Morgan fingerprint density at radius 2 is 2.27 bits per heavy atom. The van der Waals surface area contributed by atoms with Gasteiger partial charge in [0.15, 0.2) is 0 Å². The Morgan fingerprint density at radius 3 is 2.80 bits per heavy atom. The molecule has 1 rings (SSSR count). The Labute approximate surface area is 96.3 Å². The lowest BCUT2D eigenvalue weighted by Crippen LogP contribution is -2.20. The molecule has 1 heterocycles. The van der Waals surface area contributed by atoms with Crippen molar-refractivity contribution in [3.63, 3.8) is 0 Å². The molecule has 0 aliphatic carbocycles. The fourth-order valence-corrected chi connectivity index (χ4v) is 1.80. The standard InChI is InChI=1S/C11H19N3S/c1-12-11-5-4-10(8-13-11)9-14(2)6-7-15-3/h4-5,8H,6-7,9H2,1-3H3,(H,12,13). The summed E-state index contributed by atoms with van der Waals surface area (Å²) in [5.41, 5.74) is 1.26. The number of thioether (sulfide) groups is 1. The van der Waals surface area contributed by atoms with E-state index in [0.29, 0.717) is 0 Å². The van der Waals surface area contributed by atoms with E-state index in [1.807, 2.05) is 31.1 Å². The summed E-state index contributed by atoms with van der Waals surface area (Å²) < 4.78 is 0. The first-order valence-corrected chi connectivity index (χ1v) is 6.46. The zero-order valence-electron chi connectivity index (χ0n) is 9.66. The molecule has 0 spiro atoms. The van der Waals surface area contributed by atoms with E-state index in [1.165, 1.54) is 11.3 Å². The van der Waals surface area contributed by atoms with Crippen LogP contribution in [0.4, 0.5) is 5.82 Å². The highest BCUT2D eigenvalue weighted by molar-refractivity contribution is 7.98. The Morgan fingerprint density at radius 1 is 1.47 bits per heavy atom. The minimum Gasteiger partial charge on any atom is -0.373 e. The SMILES string of the molecule is CNc1ccc(CN(C)CCSC)cn1. The molecule has 0 fully saturated rings. The zero-order valence-corrected chi connectivity index (χ0v) is 10.5. The Kier molecular flexibility index (Phi) is 5.50. The molecule has 4 heteroatoms. The number of aromatic nitrogens is 1. The summed E-state index contributed by atoms with van der Waals surface area (Å²) >= 11 is 1.88. The molecule has 1 N–H and O–H groups in total. The lowest BCUT2D eigenvalue weighted by molar-refractivity contribution is 0.348. The van der Waals surface area contributed by atoms with E-state index < -0.39 is 0 Å². The first-order valence-electron chi connectivity index (χ1n) is 5.06. The second kappa shape index (κ2) is 6.69. The Balaban J connectivity index is 2.42. The second-order valence-electron chi connectivity index (χ2n) is 3.53. The van der Waals surface area contributed by atoms with E-state index in [2.05, 4.69) is 34.6 Å². The van der Waals surface area contributed by atoms with Crippen molar-refractivity contribution >= 4 is 17.6 Å². The van der Waals surface area contributed by atoms with E-state index in [4.69, 9.17) is 0 Å². The number of hydrogen-bond acceptors (Lipinski definition) is 4. The molecule has 0 saturated heterocycles. The van der Waals surface area contributed by atoms with Crippen molar-refractivity contribution in [2.24, 2.45) is 0 Å². The van der Waals surface area contributed by atoms with E-state index >= 15 is 0 Å². The van der Waals surface area contributed by atoms with Gasteiger partial charge in [-0.15, -0.1) is 0 Å². The lowest BCUT2D eigenvalue weighted by Gasteiger charge is -2.15. The van der Waals surface area contributed by atoms with Crippen LogP contribution in [0.1, 0.15) is 5.56 Å². The maximum atomic E-state index is 4.29. The van der Waals surface area contributed by atoms with Crippen LogP contribution >= 0.6 is 11.8 Å². The fraction of sp³-hybridized carbons (Fsp3) is 0.545. The second-order valence-corrected chi connectivity index (χ2v) is 4.52. The number of pyridine rings is 1. The number of anilines is 1. The molecule has 1 aromatic heterocycles. The van der Waals surface area contributed by atoms with Gasteiger partial charge in [-0.3, -0.25) is 0 Å². The average molecular weight is 225 g/mol. The van der Waals surface area contributed by atoms with Gasteiger partial charge in [0.25, 0.3) is 0 Å². The van der Waals surface area contributed by atoms with Crippen molar-refractivity contribution in [2.45, 2.75) is 6.54 Å². The summed E-state index contributed by atoms with van der Waals surface area (Å²) in [4.78, 5) is 6.60. The third-order valence-electron chi connectivity index (χ3n) is 2.21. The smallest absolute Gasteiger partial charge is 0.125 e. The molecule has 0 unspecified atom stereocenters. The molecular formula is C11H19N3S. The van der Waals surface area contributed by atoms with Gasteiger partial charge in [0, 0.05) is 32.1 Å². The predicted molar refractivity (Wildman–Crippen MR) is 68.5 cm³/mol. The van der Waals surface area contributed by atoms with Gasteiger partial charge in [-0.2, -0.15) is 11.8 Å². The molecule has 0 saturated carbocycles. The summed E-state index contributed by atoms with van der Waals surface area (Å²) in [7, 11) is 4.02. The molecule has 0 aliphatic heterocycles. The van der Waals surface area contributed by atoms with Crippen LogP contribution < -0.4 is 5.32 Å². The monoisotopic (exact) mass is 225 g/mol. The third kappa shape index (κ3) is 4.53. The van der Waals surface area contributed by atoms with E-state index in [1.54, 1.807) is 0 Å².